The Morgan fingerprint density at radius 1 is 0.909 bits per heavy atom. The number of rotatable bonds is 5. The third-order valence-corrected chi connectivity index (χ3v) is 8.34. The van der Waals surface area contributed by atoms with Gasteiger partial charge < -0.3 is 16.0 Å². The van der Waals surface area contributed by atoms with Gasteiger partial charge in [-0.2, -0.15) is 0 Å². The number of benzene rings is 2. The highest BCUT2D eigenvalue weighted by Crippen LogP contribution is 2.51. The zero-order valence-corrected chi connectivity index (χ0v) is 20.4. The third kappa shape index (κ3) is 4.35. The molecule has 0 radical (unpaired) electrons. The Kier molecular flexibility index (Phi) is 6.56. The van der Waals surface area contributed by atoms with Crippen LogP contribution in [0.2, 0.25) is 5.02 Å². The van der Waals surface area contributed by atoms with E-state index in [1.54, 1.807) is 0 Å². The highest BCUT2D eigenvalue weighted by molar-refractivity contribution is 6.31. The van der Waals surface area contributed by atoms with Crippen LogP contribution in [0.4, 0.5) is 11.4 Å². The second-order valence-corrected chi connectivity index (χ2v) is 10.7. The Hall–Kier alpha value is -2.20. The maximum atomic E-state index is 14.2. The van der Waals surface area contributed by atoms with Gasteiger partial charge in [-0.3, -0.25) is 4.79 Å². The Bertz CT molecular complexity index is 949. The van der Waals surface area contributed by atoms with Crippen molar-refractivity contribution in [2.45, 2.75) is 82.8 Å². The molecule has 0 saturated heterocycles. The summed E-state index contributed by atoms with van der Waals surface area (Å²) in [6.07, 6.45) is 11.6. The maximum Gasteiger partial charge on any atom is 0.228 e. The maximum absolute atomic E-state index is 14.2. The van der Waals surface area contributed by atoms with Crippen LogP contribution in [0.1, 0.15) is 75.3 Å². The number of hydrogen-bond acceptors (Lipinski definition) is 3. The van der Waals surface area contributed by atoms with Crippen molar-refractivity contribution in [3.05, 3.63) is 58.6 Å². The van der Waals surface area contributed by atoms with Crippen molar-refractivity contribution < 1.29 is 4.79 Å². The first-order valence-corrected chi connectivity index (χ1v) is 13.2. The molecule has 0 aromatic heterocycles. The molecule has 1 heterocycles. The fourth-order valence-electron chi connectivity index (χ4n) is 6.49. The number of para-hydroxylation sites is 2. The fraction of sp³-hybridized carbons (Fsp3) is 0.536. The zero-order valence-electron chi connectivity index (χ0n) is 19.6. The molecule has 3 N–H and O–H groups in total. The molecule has 176 valence electrons. The quantitative estimate of drug-likeness (QED) is 0.446. The topological polar surface area (TPSA) is 53.2 Å². The van der Waals surface area contributed by atoms with Crippen LogP contribution in [0.5, 0.6) is 0 Å². The van der Waals surface area contributed by atoms with Crippen LogP contribution in [0, 0.1) is 18.8 Å². The lowest BCUT2D eigenvalue weighted by molar-refractivity contribution is -0.130. The summed E-state index contributed by atoms with van der Waals surface area (Å²) in [4.78, 5) is 14.2. The molecule has 1 amide bonds. The summed E-state index contributed by atoms with van der Waals surface area (Å²) in [6, 6.07) is 14.6. The first-order chi connectivity index (χ1) is 16.1. The van der Waals surface area contributed by atoms with Gasteiger partial charge in [0.05, 0.1) is 17.3 Å². The van der Waals surface area contributed by atoms with Crippen LogP contribution in [0.25, 0.3) is 0 Å². The second-order valence-electron chi connectivity index (χ2n) is 10.3. The SMILES string of the molecule is Cc1cccc(Cl)c1C1(C(C(=O)NC2CCCCC2)C2CCCCC2)Nc2ccccc2N1. The summed E-state index contributed by atoms with van der Waals surface area (Å²) in [5.74, 6) is 0.207. The Balaban J connectivity index is 1.61. The average molecular weight is 466 g/mol. The molecule has 3 aliphatic rings. The first kappa shape index (κ1) is 22.6. The lowest BCUT2D eigenvalue weighted by Gasteiger charge is -2.44. The molecule has 0 bridgehead atoms. The molecule has 2 fully saturated rings. The highest BCUT2D eigenvalue weighted by atomic mass is 35.5. The van der Waals surface area contributed by atoms with Gasteiger partial charge in [-0.1, -0.05) is 74.4 Å². The van der Waals surface area contributed by atoms with Crippen molar-refractivity contribution in [2.75, 3.05) is 10.6 Å². The molecule has 2 aromatic rings. The summed E-state index contributed by atoms with van der Waals surface area (Å²) < 4.78 is 0. The lowest BCUT2D eigenvalue weighted by Crippen LogP contribution is -2.57. The molecule has 33 heavy (non-hydrogen) atoms. The van der Waals surface area contributed by atoms with Gasteiger partial charge in [0.15, 0.2) is 0 Å². The minimum Gasteiger partial charge on any atom is -0.357 e. The number of aryl methyl sites for hydroxylation is 1. The van der Waals surface area contributed by atoms with Crippen LogP contribution < -0.4 is 16.0 Å². The number of carbonyl (C=O) groups is 1. The Morgan fingerprint density at radius 2 is 1.52 bits per heavy atom. The van der Waals surface area contributed by atoms with Crippen molar-refractivity contribution in [2.24, 2.45) is 11.8 Å². The Morgan fingerprint density at radius 3 is 2.12 bits per heavy atom. The van der Waals surface area contributed by atoms with Crippen molar-refractivity contribution in [1.29, 1.82) is 0 Å². The van der Waals surface area contributed by atoms with Gasteiger partial charge >= 0.3 is 0 Å². The van der Waals surface area contributed by atoms with Crippen LogP contribution in [0.15, 0.2) is 42.5 Å². The molecule has 2 aromatic carbocycles. The standard InChI is InChI=1S/C28H36ClN3O/c1-19-11-10-16-22(29)25(19)28(31-23-17-8-9-18-24(23)32-28)26(20-12-4-2-5-13-20)27(33)30-21-14-6-3-7-15-21/h8-11,16-18,20-21,26,31-32H,2-7,12-15H2,1H3,(H,30,33). The van der Waals surface area contributed by atoms with E-state index in [1.807, 2.05) is 24.3 Å². The summed E-state index contributed by atoms with van der Waals surface area (Å²) >= 11 is 6.91. The first-order valence-electron chi connectivity index (χ1n) is 12.8. The number of nitrogens with one attached hydrogen (secondary N) is 3. The molecule has 5 rings (SSSR count). The highest BCUT2D eigenvalue weighted by Gasteiger charge is 2.53. The Labute approximate surface area is 202 Å². The number of carbonyl (C=O) groups excluding carboxylic acids is 1. The molecular weight excluding hydrogens is 430 g/mol. The van der Waals surface area contributed by atoms with E-state index in [0.717, 1.165) is 48.2 Å². The van der Waals surface area contributed by atoms with E-state index in [4.69, 9.17) is 11.6 Å². The van der Waals surface area contributed by atoms with Crippen molar-refractivity contribution >= 4 is 28.9 Å². The van der Waals surface area contributed by atoms with E-state index < -0.39 is 5.66 Å². The number of amides is 1. The van der Waals surface area contributed by atoms with Gasteiger partial charge in [-0.25, -0.2) is 0 Å². The predicted octanol–water partition coefficient (Wildman–Crippen LogP) is 6.98. The van der Waals surface area contributed by atoms with E-state index in [2.05, 4.69) is 41.1 Å². The van der Waals surface area contributed by atoms with Gasteiger partial charge in [0.25, 0.3) is 0 Å². The van der Waals surface area contributed by atoms with Crippen LogP contribution in [-0.4, -0.2) is 11.9 Å². The molecule has 1 unspecified atom stereocenters. The largest absolute Gasteiger partial charge is 0.357 e. The number of anilines is 2. The van der Waals surface area contributed by atoms with Gasteiger partial charge in [-0.05, 0) is 62.3 Å². The normalized spacial score (nSPS) is 21.5. The van der Waals surface area contributed by atoms with Crippen molar-refractivity contribution in [3.8, 4) is 0 Å². The summed E-state index contributed by atoms with van der Waals surface area (Å²) in [6.45, 7) is 2.10. The number of fused-ring (bicyclic) bond motifs is 1. The van der Waals surface area contributed by atoms with E-state index in [0.29, 0.717) is 10.9 Å². The van der Waals surface area contributed by atoms with Crippen LogP contribution in [-0.2, 0) is 10.5 Å². The lowest BCUT2D eigenvalue weighted by atomic mass is 9.70. The molecule has 2 aliphatic carbocycles. The molecular formula is C28H36ClN3O. The van der Waals surface area contributed by atoms with Gasteiger partial charge in [0.2, 0.25) is 5.91 Å². The van der Waals surface area contributed by atoms with E-state index in [1.165, 1.54) is 38.5 Å². The summed E-state index contributed by atoms with van der Waals surface area (Å²) in [5.41, 5.74) is 3.39. The van der Waals surface area contributed by atoms with Crippen molar-refractivity contribution in [3.63, 3.8) is 0 Å². The summed E-state index contributed by atoms with van der Waals surface area (Å²) in [5, 5.41) is 11.8. The third-order valence-electron chi connectivity index (χ3n) is 8.03. The van der Waals surface area contributed by atoms with Crippen LogP contribution >= 0.6 is 11.6 Å². The van der Waals surface area contributed by atoms with E-state index >= 15 is 0 Å². The van der Waals surface area contributed by atoms with Crippen molar-refractivity contribution in [1.82, 2.24) is 5.32 Å². The molecule has 1 aliphatic heterocycles. The minimum absolute atomic E-state index is 0.168. The van der Waals surface area contributed by atoms with E-state index in [9.17, 15) is 4.79 Å². The fourth-order valence-corrected chi connectivity index (χ4v) is 6.87. The van der Waals surface area contributed by atoms with Gasteiger partial charge in [0.1, 0.15) is 5.66 Å². The number of halogens is 1. The molecule has 5 heteroatoms. The van der Waals surface area contributed by atoms with Crippen LogP contribution in [0.3, 0.4) is 0 Å². The van der Waals surface area contributed by atoms with E-state index in [-0.39, 0.29) is 17.9 Å². The zero-order chi connectivity index (χ0) is 22.8. The molecule has 2 saturated carbocycles. The number of hydrogen-bond donors (Lipinski definition) is 3. The smallest absolute Gasteiger partial charge is 0.228 e. The average Bonchev–Trinajstić information content (AvgIpc) is 3.20. The molecule has 0 spiro atoms. The predicted molar refractivity (Wildman–Crippen MR) is 137 cm³/mol. The minimum atomic E-state index is -0.771. The summed E-state index contributed by atoms with van der Waals surface area (Å²) in [7, 11) is 0. The van der Waals surface area contributed by atoms with Gasteiger partial charge in [-0.15, -0.1) is 0 Å². The monoisotopic (exact) mass is 465 g/mol. The molecule has 4 nitrogen and oxygen atoms in total. The molecule has 1 atom stereocenters. The second kappa shape index (κ2) is 9.58. The van der Waals surface area contributed by atoms with Gasteiger partial charge in [0, 0.05) is 16.6 Å².